The minimum absolute atomic E-state index is 0.381. The van der Waals surface area contributed by atoms with E-state index >= 15 is 0 Å². The van der Waals surface area contributed by atoms with Crippen LogP contribution in [-0.2, 0) is 5.41 Å². The highest BCUT2D eigenvalue weighted by Gasteiger charge is 2.35. The molecule has 3 aromatic rings. The molecule has 1 aliphatic rings. The molecule has 4 nitrogen and oxygen atoms in total. The van der Waals surface area contributed by atoms with E-state index in [9.17, 15) is 0 Å². The first-order valence-corrected chi connectivity index (χ1v) is 8.87. The van der Waals surface area contributed by atoms with Gasteiger partial charge in [-0.2, -0.15) is 0 Å². The van der Waals surface area contributed by atoms with Crippen molar-refractivity contribution in [1.29, 1.82) is 0 Å². The summed E-state index contributed by atoms with van der Waals surface area (Å²) >= 11 is 1.45. The minimum atomic E-state index is -0.381. The Balaban J connectivity index is 1.67. The third-order valence-corrected chi connectivity index (χ3v) is 4.91. The minimum Gasteiger partial charge on any atom is -0.457 e. The molecular weight excluding hydrogens is 330 g/mol. The van der Waals surface area contributed by atoms with Gasteiger partial charge in [-0.1, -0.05) is 36.4 Å². The van der Waals surface area contributed by atoms with Gasteiger partial charge in [-0.3, -0.25) is 4.99 Å². The summed E-state index contributed by atoms with van der Waals surface area (Å²) in [4.78, 5) is 8.98. The summed E-state index contributed by atoms with van der Waals surface area (Å²) in [6.45, 7) is 0.617. The predicted molar refractivity (Wildman–Crippen MR) is 103 cm³/mol. The number of nitrogen functional groups attached to an aromatic ring is 1. The number of aromatic nitrogens is 1. The van der Waals surface area contributed by atoms with Crippen molar-refractivity contribution >= 4 is 22.7 Å². The Kier molecular flexibility index (Phi) is 4.07. The molecule has 0 spiro atoms. The molecule has 2 heterocycles. The average molecular weight is 347 g/mol. The van der Waals surface area contributed by atoms with Crippen LogP contribution >= 0.6 is 11.3 Å². The molecule has 0 aliphatic carbocycles. The topological polar surface area (TPSA) is 60.5 Å². The zero-order valence-electron chi connectivity index (χ0n) is 13.5. The first-order valence-electron chi connectivity index (χ1n) is 7.99. The fraction of sp³-hybridized carbons (Fsp3) is 0.100. The lowest BCUT2D eigenvalue weighted by Gasteiger charge is -2.29. The van der Waals surface area contributed by atoms with Gasteiger partial charge in [-0.25, -0.2) is 4.98 Å². The molecule has 0 saturated carbocycles. The monoisotopic (exact) mass is 347 g/mol. The maximum Gasteiger partial charge on any atom is 0.180 e. The number of thiazole rings is 1. The molecule has 0 amide bonds. The number of hydrogen-bond acceptors (Lipinski definition) is 5. The molecule has 4 rings (SSSR count). The van der Waals surface area contributed by atoms with Crippen LogP contribution < -0.4 is 10.5 Å². The molecule has 0 radical (unpaired) electrons. The summed E-state index contributed by atoms with van der Waals surface area (Å²) in [5, 5.41) is 2.58. The quantitative estimate of drug-likeness (QED) is 0.759. The smallest absolute Gasteiger partial charge is 0.180 e. The Bertz CT molecular complexity index is 916. The maximum absolute atomic E-state index is 5.88. The first kappa shape index (κ1) is 15.6. The molecule has 124 valence electrons. The van der Waals surface area contributed by atoms with Gasteiger partial charge in [0.1, 0.15) is 11.5 Å². The van der Waals surface area contributed by atoms with Crippen molar-refractivity contribution in [2.45, 2.75) is 5.41 Å². The van der Waals surface area contributed by atoms with Crippen LogP contribution in [0.4, 0.5) is 5.13 Å². The van der Waals surface area contributed by atoms with E-state index < -0.39 is 0 Å². The molecule has 2 aromatic carbocycles. The van der Waals surface area contributed by atoms with E-state index in [2.05, 4.69) is 28.2 Å². The van der Waals surface area contributed by atoms with E-state index in [0.29, 0.717) is 11.7 Å². The second-order valence-electron chi connectivity index (χ2n) is 5.83. The number of rotatable bonds is 4. The van der Waals surface area contributed by atoms with Crippen molar-refractivity contribution in [3.63, 3.8) is 0 Å². The summed E-state index contributed by atoms with van der Waals surface area (Å²) in [7, 11) is 0. The maximum atomic E-state index is 5.88. The Labute approximate surface area is 150 Å². The Hall–Kier alpha value is -2.92. The Morgan fingerprint density at radius 3 is 2.40 bits per heavy atom. The summed E-state index contributed by atoms with van der Waals surface area (Å²) in [6.07, 6.45) is 5.93. The average Bonchev–Trinajstić information content (AvgIpc) is 3.11. The van der Waals surface area contributed by atoms with Gasteiger partial charge in [0.2, 0.25) is 0 Å². The van der Waals surface area contributed by atoms with Crippen molar-refractivity contribution in [3.8, 4) is 11.5 Å². The molecule has 1 atom stereocenters. The molecule has 0 bridgehead atoms. The van der Waals surface area contributed by atoms with Crippen LogP contribution in [0.1, 0.15) is 11.3 Å². The second-order valence-corrected chi connectivity index (χ2v) is 6.72. The van der Waals surface area contributed by atoms with Crippen LogP contribution in [0.2, 0.25) is 0 Å². The van der Waals surface area contributed by atoms with E-state index in [-0.39, 0.29) is 5.41 Å². The van der Waals surface area contributed by atoms with E-state index in [1.165, 1.54) is 11.3 Å². The van der Waals surface area contributed by atoms with Gasteiger partial charge < -0.3 is 10.5 Å². The van der Waals surface area contributed by atoms with Gasteiger partial charge in [-0.15, -0.1) is 11.3 Å². The fourth-order valence-corrected chi connectivity index (χ4v) is 3.60. The normalized spacial score (nSPS) is 19.0. The largest absolute Gasteiger partial charge is 0.457 e. The number of hydrogen-bond donors (Lipinski definition) is 1. The number of allylic oxidation sites excluding steroid dienone is 1. The predicted octanol–water partition coefficient (Wildman–Crippen LogP) is 4.44. The number of ether oxygens (including phenoxy) is 1. The lowest BCUT2D eigenvalue weighted by atomic mass is 9.77. The van der Waals surface area contributed by atoms with Crippen LogP contribution in [0.15, 0.2) is 77.1 Å². The van der Waals surface area contributed by atoms with E-state index in [1.54, 1.807) is 0 Å². The molecule has 1 aliphatic heterocycles. The number of aliphatic imine (C=N–C) groups is 1. The zero-order chi connectivity index (χ0) is 17.1. The highest BCUT2D eigenvalue weighted by Crippen LogP contribution is 2.37. The molecule has 1 unspecified atom stereocenters. The molecule has 1 aromatic heterocycles. The first-order chi connectivity index (χ1) is 12.3. The SMILES string of the molecule is Nc1nc(C2(c3ccc(Oc4ccccc4)cc3)C=CC=NC2)cs1. The van der Waals surface area contributed by atoms with Gasteiger partial charge in [0.15, 0.2) is 5.13 Å². The fourth-order valence-electron chi connectivity index (χ4n) is 2.96. The van der Waals surface area contributed by atoms with E-state index in [0.717, 1.165) is 22.8 Å². The van der Waals surface area contributed by atoms with Crippen LogP contribution in [0, 0.1) is 0 Å². The zero-order valence-corrected chi connectivity index (χ0v) is 14.3. The van der Waals surface area contributed by atoms with Crippen molar-refractivity contribution in [2.24, 2.45) is 4.99 Å². The van der Waals surface area contributed by atoms with Crippen LogP contribution in [0.3, 0.4) is 0 Å². The summed E-state index contributed by atoms with van der Waals surface area (Å²) in [5.41, 5.74) is 7.52. The molecule has 5 heteroatoms. The lowest BCUT2D eigenvalue weighted by Crippen LogP contribution is -2.31. The molecular formula is C20H17N3OS. The molecule has 25 heavy (non-hydrogen) atoms. The summed E-state index contributed by atoms with van der Waals surface area (Å²) in [6, 6.07) is 17.8. The summed E-state index contributed by atoms with van der Waals surface area (Å²) < 4.78 is 5.88. The highest BCUT2D eigenvalue weighted by atomic mass is 32.1. The van der Waals surface area contributed by atoms with Crippen LogP contribution in [0.5, 0.6) is 11.5 Å². The third kappa shape index (κ3) is 3.06. The number of dihydropyridines is 1. The van der Waals surface area contributed by atoms with Gasteiger partial charge in [0.25, 0.3) is 0 Å². The van der Waals surface area contributed by atoms with Crippen LogP contribution in [-0.4, -0.2) is 17.7 Å². The van der Waals surface area contributed by atoms with E-state index in [1.807, 2.05) is 60.1 Å². The van der Waals surface area contributed by atoms with Crippen molar-refractivity contribution in [1.82, 2.24) is 4.98 Å². The van der Waals surface area contributed by atoms with E-state index in [4.69, 9.17) is 10.5 Å². The van der Waals surface area contributed by atoms with Crippen molar-refractivity contribution < 1.29 is 4.74 Å². The second kappa shape index (κ2) is 6.53. The molecule has 0 fully saturated rings. The molecule has 0 saturated heterocycles. The van der Waals surface area contributed by atoms with Crippen molar-refractivity contribution in [2.75, 3.05) is 12.3 Å². The third-order valence-electron chi connectivity index (χ3n) is 4.24. The number of para-hydroxylation sites is 1. The Morgan fingerprint density at radius 1 is 1.00 bits per heavy atom. The molecule has 2 N–H and O–H groups in total. The van der Waals surface area contributed by atoms with Gasteiger partial charge >= 0.3 is 0 Å². The number of anilines is 1. The standard InChI is InChI=1S/C20H17N3OS/c21-19-23-18(13-25-19)20(11-4-12-22-14-20)15-7-9-17(10-8-15)24-16-5-2-1-3-6-16/h1-13H,14H2,(H2,21,23). The number of nitrogens with two attached hydrogens (primary N) is 1. The van der Waals surface area contributed by atoms with Crippen molar-refractivity contribution in [3.05, 3.63) is 83.4 Å². The number of nitrogens with zero attached hydrogens (tertiary/aromatic N) is 2. The summed E-state index contributed by atoms with van der Waals surface area (Å²) in [5.74, 6) is 1.62. The van der Waals surface area contributed by atoms with Crippen LogP contribution in [0.25, 0.3) is 0 Å². The van der Waals surface area contributed by atoms with Gasteiger partial charge in [0.05, 0.1) is 17.7 Å². The lowest BCUT2D eigenvalue weighted by molar-refractivity contribution is 0.482. The Morgan fingerprint density at radius 2 is 1.76 bits per heavy atom. The highest BCUT2D eigenvalue weighted by molar-refractivity contribution is 7.13. The van der Waals surface area contributed by atoms with Gasteiger partial charge in [-0.05, 0) is 35.9 Å². The van der Waals surface area contributed by atoms with Gasteiger partial charge in [0, 0.05) is 11.6 Å². The number of benzene rings is 2.